The van der Waals surface area contributed by atoms with E-state index < -0.39 is 0 Å². The van der Waals surface area contributed by atoms with E-state index in [4.69, 9.17) is 21.4 Å². The van der Waals surface area contributed by atoms with Gasteiger partial charge in [0.15, 0.2) is 0 Å². The van der Waals surface area contributed by atoms with Gasteiger partial charge in [-0.3, -0.25) is 14.5 Å². The van der Waals surface area contributed by atoms with E-state index in [2.05, 4.69) is 9.88 Å². The van der Waals surface area contributed by atoms with Crippen molar-refractivity contribution in [3.63, 3.8) is 0 Å². The summed E-state index contributed by atoms with van der Waals surface area (Å²) in [5, 5.41) is 6.54. The molecule has 0 radical (unpaired) electrons. The molecule has 7 heteroatoms. The van der Waals surface area contributed by atoms with Crippen molar-refractivity contribution in [2.45, 2.75) is 37.8 Å². The van der Waals surface area contributed by atoms with Gasteiger partial charge in [-0.25, -0.2) is 0 Å². The van der Waals surface area contributed by atoms with Gasteiger partial charge < -0.3 is 9.64 Å². The van der Waals surface area contributed by atoms with Gasteiger partial charge >= 0.3 is 0 Å². The normalized spacial score (nSPS) is 19.2. The number of pyridine rings is 1. The van der Waals surface area contributed by atoms with Crippen molar-refractivity contribution in [3.8, 4) is 17.0 Å². The number of piperidine rings is 1. The Bertz CT molecular complexity index is 1430. The van der Waals surface area contributed by atoms with Crippen molar-refractivity contribution in [1.29, 1.82) is 0 Å². The first-order valence-electron chi connectivity index (χ1n) is 11.6. The number of carbonyl (C=O) groups excluding carboxylic acids is 1. The van der Waals surface area contributed by atoms with Gasteiger partial charge in [-0.1, -0.05) is 17.7 Å². The van der Waals surface area contributed by atoms with E-state index in [0.29, 0.717) is 10.6 Å². The maximum absolute atomic E-state index is 13.8. The van der Waals surface area contributed by atoms with Gasteiger partial charge in [-0.05, 0) is 68.1 Å². The summed E-state index contributed by atoms with van der Waals surface area (Å²) in [6.07, 6.45) is 5.56. The van der Waals surface area contributed by atoms with Crippen molar-refractivity contribution in [3.05, 3.63) is 76.6 Å². The number of carbonyl (C=O) groups is 1. The van der Waals surface area contributed by atoms with Gasteiger partial charge in [0.2, 0.25) is 0 Å². The first-order valence-corrected chi connectivity index (χ1v) is 12.0. The van der Waals surface area contributed by atoms with Crippen LogP contribution in [-0.2, 0) is 13.5 Å². The maximum Gasteiger partial charge on any atom is 0.254 e. The highest BCUT2D eigenvalue weighted by Crippen LogP contribution is 2.45. The number of hydrogen-bond donors (Lipinski definition) is 0. The van der Waals surface area contributed by atoms with Crippen LogP contribution in [0, 0.1) is 0 Å². The monoisotopic (exact) mass is 472 g/mol. The molecule has 2 bridgehead atoms. The zero-order valence-electron chi connectivity index (χ0n) is 19.2. The Morgan fingerprint density at radius 1 is 1.15 bits per heavy atom. The highest BCUT2D eigenvalue weighted by atomic mass is 35.5. The largest absolute Gasteiger partial charge is 0.497 e. The molecule has 0 N–H and O–H groups in total. The first kappa shape index (κ1) is 21.2. The van der Waals surface area contributed by atoms with Crippen LogP contribution in [0.2, 0.25) is 5.02 Å². The van der Waals surface area contributed by atoms with Crippen LogP contribution in [0.4, 0.5) is 0 Å². The number of aromatic nitrogens is 3. The van der Waals surface area contributed by atoms with E-state index in [-0.39, 0.29) is 18.0 Å². The smallest absolute Gasteiger partial charge is 0.254 e. The minimum absolute atomic E-state index is 0.0272. The predicted octanol–water partition coefficient (Wildman–Crippen LogP) is 5.59. The van der Waals surface area contributed by atoms with Crippen LogP contribution >= 0.6 is 11.6 Å². The average molecular weight is 473 g/mol. The lowest BCUT2D eigenvalue weighted by Crippen LogP contribution is -2.49. The number of rotatable bonds is 3. The Kier molecular flexibility index (Phi) is 5.06. The molecule has 2 aliphatic rings. The third kappa shape index (κ3) is 3.36. The molecule has 1 amide bonds. The average Bonchev–Trinajstić information content (AvgIpc) is 3.18. The predicted molar refractivity (Wildman–Crippen MR) is 132 cm³/mol. The molecule has 34 heavy (non-hydrogen) atoms. The lowest BCUT2D eigenvalue weighted by molar-refractivity contribution is 0.0392. The van der Waals surface area contributed by atoms with E-state index >= 15 is 0 Å². The minimum atomic E-state index is -0.0272. The summed E-state index contributed by atoms with van der Waals surface area (Å²) in [7, 11) is 3.61. The van der Waals surface area contributed by atoms with Crippen LogP contribution in [0.25, 0.3) is 22.2 Å². The fraction of sp³-hybridized carbons (Fsp3) is 0.296. The van der Waals surface area contributed by atoms with Crippen LogP contribution in [0.1, 0.15) is 46.9 Å². The van der Waals surface area contributed by atoms with Crippen molar-refractivity contribution in [2.24, 2.45) is 7.05 Å². The van der Waals surface area contributed by atoms with E-state index in [1.165, 1.54) is 5.56 Å². The van der Waals surface area contributed by atoms with E-state index in [1.807, 2.05) is 60.3 Å². The molecule has 0 spiro atoms. The number of nitrogens with zero attached hydrogens (tertiary/aromatic N) is 4. The second-order valence-electron chi connectivity index (χ2n) is 9.14. The summed E-state index contributed by atoms with van der Waals surface area (Å²) in [6.45, 7) is 0. The van der Waals surface area contributed by atoms with E-state index in [9.17, 15) is 4.79 Å². The van der Waals surface area contributed by atoms with Crippen LogP contribution in [-0.4, -0.2) is 38.7 Å². The number of methoxy groups -OCH3 is 1. The van der Waals surface area contributed by atoms with Crippen molar-refractivity contribution in [2.75, 3.05) is 7.11 Å². The molecule has 4 heterocycles. The van der Waals surface area contributed by atoms with Gasteiger partial charge in [0, 0.05) is 46.4 Å². The van der Waals surface area contributed by atoms with Crippen LogP contribution < -0.4 is 4.74 Å². The molecule has 0 aliphatic carbocycles. The highest BCUT2D eigenvalue weighted by molar-refractivity contribution is 6.31. The van der Waals surface area contributed by atoms with Gasteiger partial charge in [-0.15, -0.1) is 0 Å². The second-order valence-corrected chi connectivity index (χ2v) is 9.58. The molecule has 6 rings (SSSR count). The lowest BCUT2D eigenvalue weighted by atomic mass is 9.81. The van der Waals surface area contributed by atoms with Crippen molar-refractivity contribution >= 4 is 28.4 Å². The number of hydrogen-bond acceptors (Lipinski definition) is 4. The SMILES string of the molecule is COc1cc(Cl)cc(-c2c3c(nn2C)C2CCCC(C3)N2C(=O)c2ccc3ncccc3c2)c1. The summed E-state index contributed by atoms with van der Waals surface area (Å²) < 4.78 is 7.38. The molecular weight excluding hydrogens is 448 g/mol. The Morgan fingerprint density at radius 3 is 2.88 bits per heavy atom. The summed E-state index contributed by atoms with van der Waals surface area (Å²) in [4.78, 5) is 20.3. The Balaban J connectivity index is 1.42. The molecule has 2 aromatic carbocycles. The van der Waals surface area contributed by atoms with Crippen LogP contribution in [0.15, 0.2) is 54.7 Å². The minimum Gasteiger partial charge on any atom is -0.497 e. The standard InChI is InChI=1S/C27H25ClN4O2/c1-31-26(18-12-19(28)14-21(13-18)34-2)22-15-20-6-3-7-24(25(22)30-31)32(20)27(33)17-8-9-23-16(11-17)5-4-10-29-23/h4-5,8-14,20,24H,3,6-7,15H2,1-2H3. The molecule has 1 fully saturated rings. The summed E-state index contributed by atoms with van der Waals surface area (Å²) in [5.74, 6) is 0.791. The number of aryl methyl sites for hydroxylation is 1. The number of halogens is 1. The third-order valence-electron chi connectivity index (χ3n) is 7.14. The molecule has 2 unspecified atom stereocenters. The molecule has 172 valence electrons. The molecule has 6 nitrogen and oxygen atoms in total. The number of amides is 1. The quantitative estimate of drug-likeness (QED) is 0.390. The van der Waals surface area contributed by atoms with Gasteiger partial charge in [0.05, 0.1) is 30.1 Å². The van der Waals surface area contributed by atoms with Gasteiger partial charge in [0.1, 0.15) is 5.75 Å². The Morgan fingerprint density at radius 2 is 2.03 bits per heavy atom. The fourth-order valence-electron chi connectivity index (χ4n) is 5.68. The summed E-state index contributed by atoms with van der Waals surface area (Å²) in [5.41, 5.74) is 5.86. The third-order valence-corrected chi connectivity index (χ3v) is 7.36. The number of benzene rings is 2. The Hall–Kier alpha value is -3.38. The molecule has 2 aromatic heterocycles. The maximum atomic E-state index is 13.8. The fourth-order valence-corrected chi connectivity index (χ4v) is 5.91. The molecule has 2 atom stereocenters. The molecule has 0 saturated carbocycles. The zero-order valence-corrected chi connectivity index (χ0v) is 19.9. The summed E-state index contributed by atoms with van der Waals surface area (Å²) >= 11 is 6.38. The van der Waals surface area contributed by atoms with E-state index in [1.54, 1.807) is 13.3 Å². The second kappa shape index (κ2) is 8.13. The van der Waals surface area contributed by atoms with E-state index in [0.717, 1.165) is 59.3 Å². The molecular formula is C27H25ClN4O2. The zero-order chi connectivity index (χ0) is 23.4. The number of ether oxygens (including phenoxy) is 1. The van der Waals surface area contributed by atoms with Crippen LogP contribution in [0.3, 0.4) is 0 Å². The van der Waals surface area contributed by atoms with Crippen molar-refractivity contribution in [1.82, 2.24) is 19.7 Å². The van der Waals surface area contributed by atoms with Gasteiger partial charge in [-0.2, -0.15) is 5.10 Å². The topological polar surface area (TPSA) is 60.2 Å². The van der Waals surface area contributed by atoms with Gasteiger partial charge in [0.25, 0.3) is 5.91 Å². The molecule has 4 aromatic rings. The molecule has 1 saturated heterocycles. The Labute approximate surface area is 203 Å². The van der Waals surface area contributed by atoms with Crippen molar-refractivity contribution < 1.29 is 9.53 Å². The lowest BCUT2D eigenvalue weighted by Gasteiger charge is -2.45. The molecule has 2 aliphatic heterocycles. The highest BCUT2D eigenvalue weighted by Gasteiger charge is 2.43. The van der Waals surface area contributed by atoms with Crippen LogP contribution in [0.5, 0.6) is 5.75 Å². The first-order chi connectivity index (χ1) is 16.5. The summed E-state index contributed by atoms with van der Waals surface area (Å²) in [6, 6.07) is 15.6. The number of fused-ring (bicyclic) bond motifs is 5.